The maximum Gasteiger partial charge on any atom is 0.255 e. The van der Waals surface area contributed by atoms with Gasteiger partial charge in [0.05, 0.1) is 17.1 Å². The van der Waals surface area contributed by atoms with Gasteiger partial charge in [-0.25, -0.2) is 9.07 Å². The van der Waals surface area contributed by atoms with Gasteiger partial charge in [-0.3, -0.25) is 4.79 Å². The number of aryl methyl sites for hydroxylation is 3. The predicted octanol–water partition coefficient (Wildman–Crippen LogP) is 4.19. The van der Waals surface area contributed by atoms with E-state index >= 15 is 0 Å². The first kappa shape index (κ1) is 15.9. The first-order valence-corrected chi connectivity index (χ1v) is 7.65. The van der Waals surface area contributed by atoms with Crippen LogP contribution in [-0.4, -0.2) is 15.7 Å². The minimum atomic E-state index is -0.451. The summed E-state index contributed by atoms with van der Waals surface area (Å²) in [5.41, 5.74) is 4.35. The van der Waals surface area contributed by atoms with Gasteiger partial charge in [-0.1, -0.05) is 6.07 Å². The Bertz CT molecular complexity index is 897. The molecule has 4 nitrogen and oxygen atoms in total. The second-order valence-electron chi connectivity index (χ2n) is 5.82. The van der Waals surface area contributed by atoms with Crippen molar-refractivity contribution in [1.82, 2.24) is 9.78 Å². The average molecular weight is 323 g/mol. The molecule has 0 saturated heterocycles. The third-order valence-electron chi connectivity index (χ3n) is 3.75. The van der Waals surface area contributed by atoms with Crippen LogP contribution < -0.4 is 5.32 Å². The standard InChI is InChI=1S/C19H18FN3O/c1-12-4-9-17(20)18(10-12)21-19(24)15-5-7-16(8-6-15)23-14(3)11-13(2)22-23/h4-11H,1-3H3,(H,21,24). The molecule has 122 valence electrons. The summed E-state index contributed by atoms with van der Waals surface area (Å²) in [6, 6.07) is 13.6. The smallest absolute Gasteiger partial charge is 0.255 e. The Labute approximate surface area is 139 Å². The molecule has 0 radical (unpaired) electrons. The molecule has 0 atom stereocenters. The molecule has 0 saturated carbocycles. The lowest BCUT2D eigenvalue weighted by Gasteiger charge is -2.09. The highest BCUT2D eigenvalue weighted by atomic mass is 19.1. The van der Waals surface area contributed by atoms with E-state index in [1.54, 1.807) is 24.3 Å². The number of nitrogens with one attached hydrogen (secondary N) is 1. The van der Waals surface area contributed by atoms with Crippen LogP contribution in [0.4, 0.5) is 10.1 Å². The largest absolute Gasteiger partial charge is 0.319 e. The molecule has 1 aromatic heterocycles. The Morgan fingerprint density at radius 1 is 1.04 bits per heavy atom. The van der Waals surface area contributed by atoms with Gasteiger partial charge in [0.25, 0.3) is 5.91 Å². The molecule has 0 bridgehead atoms. The van der Waals surface area contributed by atoms with Gasteiger partial charge in [0.1, 0.15) is 5.82 Å². The molecule has 3 rings (SSSR count). The van der Waals surface area contributed by atoms with Gasteiger partial charge >= 0.3 is 0 Å². The van der Waals surface area contributed by atoms with Crippen molar-refractivity contribution in [3.8, 4) is 5.69 Å². The van der Waals surface area contributed by atoms with E-state index in [1.165, 1.54) is 6.07 Å². The zero-order valence-corrected chi connectivity index (χ0v) is 13.8. The van der Waals surface area contributed by atoms with Crippen LogP contribution >= 0.6 is 0 Å². The zero-order valence-electron chi connectivity index (χ0n) is 13.8. The summed E-state index contributed by atoms with van der Waals surface area (Å²) in [5, 5.41) is 7.02. The van der Waals surface area contributed by atoms with Gasteiger partial charge < -0.3 is 5.32 Å². The SMILES string of the molecule is Cc1ccc(F)c(NC(=O)c2ccc(-n3nc(C)cc3C)cc2)c1. The number of anilines is 1. The Kier molecular flexibility index (Phi) is 4.16. The van der Waals surface area contributed by atoms with E-state index in [1.807, 2.05) is 43.7 Å². The van der Waals surface area contributed by atoms with Crippen molar-refractivity contribution in [1.29, 1.82) is 0 Å². The summed E-state index contributed by atoms with van der Waals surface area (Å²) in [7, 11) is 0. The van der Waals surface area contributed by atoms with Gasteiger partial charge in [-0.05, 0) is 68.8 Å². The number of nitrogens with zero attached hydrogens (tertiary/aromatic N) is 2. The molecule has 1 N–H and O–H groups in total. The van der Waals surface area contributed by atoms with Crippen LogP contribution in [-0.2, 0) is 0 Å². The average Bonchev–Trinajstić information content (AvgIpc) is 2.89. The second kappa shape index (κ2) is 6.28. The number of hydrogen-bond donors (Lipinski definition) is 1. The molecule has 24 heavy (non-hydrogen) atoms. The lowest BCUT2D eigenvalue weighted by molar-refractivity contribution is 0.102. The molecular formula is C19H18FN3O. The Balaban J connectivity index is 1.81. The summed E-state index contributed by atoms with van der Waals surface area (Å²) in [4.78, 5) is 12.3. The summed E-state index contributed by atoms with van der Waals surface area (Å²) < 4.78 is 15.6. The van der Waals surface area contributed by atoms with Crippen molar-refractivity contribution in [2.75, 3.05) is 5.32 Å². The van der Waals surface area contributed by atoms with Crippen LogP contribution in [0.1, 0.15) is 27.3 Å². The molecule has 1 heterocycles. The van der Waals surface area contributed by atoms with Gasteiger partial charge in [0.2, 0.25) is 0 Å². The Hall–Kier alpha value is -2.95. The van der Waals surface area contributed by atoms with Crippen molar-refractivity contribution in [3.63, 3.8) is 0 Å². The number of amides is 1. The summed E-state index contributed by atoms with van der Waals surface area (Å²) in [5.74, 6) is -0.798. The molecule has 0 aliphatic rings. The number of halogens is 1. The van der Waals surface area contributed by atoms with E-state index in [-0.39, 0.29) is 11.6 Å². The quantitative estimate of drug-likeness (QED) is 0.785. The lowest BCUT2D eigenvalue weighted by Crippen LogP contribution is -2.13. The summed E-state index contributed by atoms with van der Waals surface area (Å²) in [6.45, 7) is 5.75. The van der Waals surface area contributed by atoms with Crippen molar-refractivity contribution in [3.05, 3.63) is 76.9 Å². The van der Waals surface area contributed by atoms with Crippen LogP contribution in [0, 0.1) is 26.6 Å². The number of carbonyl (C=O) groups is 1. The van der Waals surface area contributed by atoms with E-state index in [0.29, 0.717) is 5.56 Å². The normalized spacial score (nSPS) is 10.7. The minimum absolute atomic E-state index is 0.183. The van der Waals surface area contributed by atoms with E-state index < -0.39 is 5.82 Å². The summed E-state index contributed by atoms with van der Waals surface area (Å²) in [6.07, 6.45) is 0. The van der Waals surface area contributed by atoms with Crippen LogP contribution in [0.3, 0.4) is 0 Å². The van der Waals surface area contributed by atoms with Crippen molar-refractivity contribution < 1.29 is 9.18 Å². The third-order valence-corrected chi connectivity index (χ3v) is 3.75. The van der Waals surface area contributed by atoms with Crippen LogP contribution in [0.5, 0.6) is 0 Å². The fourth-order valence-corrected chi connectivity index (χ4v) is 2.57. The number of benzene rings is 2. The number of aromatic nitrogens is 2. The highest BCUT2D eigenvalue weighted by molar-refractivity contribution is 6.04. The Morgan fingerprint density at radius 2 is 1.75 bits per heavy atom. The second-order valence-corrected chi connectivity index (χ2v) is 5.82. The number of carbonyl (C=O) groups excluding carboxylic acids is 1. The summed E-state index contributed by atoms with van der Waals surface area (Å²) >= 11 is 0. The van der Waals surface area contributed by atoms with Crippen LogP contribution in [0.2, 0.25) is 0 Å². The first-order valence-electron chi connectivity index (χ1n) is 7.65. The molecule has 0 spiro atoms. The van der Waals surface area contributed by atoms with E-state index in [4.69, 9.17) is 0 Å². The van der Waals surface area contributed by atoms with E-state index in [2.05, 4.69) is 10.4 Å². The van der Waals surface area contributed by atoms with Gasteiger partial charge in [-0.2, -0.15) is 5.10 Å². The molecule has 0 aliphatic carbocycles. The van der Waals surface area contributed by atoms with Crippen molar-refractivity contribution >= 4 is 11.6 Å². The number of rotatable bonds is 3. The minimum Gasteiger partial charge on any atom is -0.319 e. The molecular weight excluding hydrogens is 305 g/mol. The molecule has 0 aliphatic heterocycles. The highest BCUT2D eigenvalue weighted by Gasteiger charge is 2.10. The van der Waals surface area contributed by atoms with Crippen molar-refractivity contribution in [2.24, 2.45) is 0 Å². The first-order chi connectivity index (χ1) is 11.4. The van der Waals surface area contributed by atoms with Crippen LogP contribution in [0.25, 0.3) is 5.69 Å². The topological polar surface area (TPSA) is 46.9 Å². The molecule has 1 amide bonds. The fraction of sp³-hybridized carbons (Fsp3) is 0.158. The van der Waals surface area contributed by atoms with Gasteiger partial charge in [-0.15, -0.1) is 0 Å². The monoisotopic (exact) mass is 323 g/mol. The maximum absolute atomic E-state index is 13.8. The lowest BCUT2D eigenvalue weighted by atomic mass is 10.1. The molecule has 5 heteroatoms. The molecule has 3 aromatic rings. The fourth-order valence-electron chi connectivity index (χ4n) is 2.57. The Morgan fingerprint density at radius 3 is 2.38 bits per heavy atom. The van der Waals surface area contributed by atoms with Crippen LogP contribution in [0.15, 0.2) is 48.5 Å². The maximum atomic E-state index is 13.8. The molecule has 0 unspecified atom stereocenters. The van der Waals surface area contributed by atoms with E-state index in [0.717, 1.165) is 22.6 Å². The highest BCUT2D eigenvalue weighted by Crippen LogP contribution is 2.18. The van der Waals surface area contributed by atoms with Crippen molar-refractivity contribution in [2.45, 2.75) is 20.8 Å². The zero-order chi connectivity index (χ0) is 17.3. The third kappa shape index (κ3) is 3.20. The van der Waals surface area contributed by atoms with E-state index in [9.17, 15) is 9.18 Å². The number of hydrogen-bond acceptors (Lipinski definition) is 2. The molecule has 0 fully saturated rings. The predicted molar refractivity (Wildman–Crippen MR) is 92.1 cm³/mol. The van der Waals surface area contributed by atoms with Gasteiger partial charge in [0.15, 0.2) is 0 Å². The van der Waals surface area contributed by atoms with Gasteiger partial charge in [0, 0.05) is 11.3 Å². The molecule has 2 aromatic carbocycles.